The van der Waals surface area contributed by atoms with Crippen molar-refractivity contribution in [3.05, 3.63) is 18.3 Å². The van der Waals surface area contributed by atoms with Crippen LogP contribution in [0.1, 0.15) is 0 Å². The molecule has 1 aromatic rings. The molecule has 4 heteroatoms. The van der Waals surface area contributed by atoms with Crippen molar-refractivity contribution in [3.8, 4) is 0 Å². The number of hydrogen-bond donors (Lipinski definition) is 1. The van der Waals surface area contributed by atoms with Gasteiger partial charge in [-0.25, -0.2) is 4.98 Å². The Balaban J connectivity index is 2.62. The predicted octanol–water partition coefficient (Wildman–Crippen LogP) is 1.04. The molecule has 0 amide bonds. The van der Waals surface area contributed by atoms with Crippen LogP contribution in [0, 0.1) is 0 Å². The van der Waals surface area contributed by atoms with Crippen LogP contribution in [0.5, 0.6) is 0 Å². The van der Waals surface area contributed by atoms with Crippen molar-refractivity contribution in [2.45, 2.75) is 5.16 Å². The highest BCUT2D eigenvalue weighted by molar-refractivity contribution is 8.01. The number of rotatable bonds is 2. The van der Waals surface area contributed by atoms with Gasteiger partial charge in [0.05, 0.1) is 0 Å². The van der Waals surface area contributed by atoms with Gasteiger partial charge in [-0.2, -0.15) is 5.10 Å². The van der Waals surface area contributed by atoms with E-state index in [0.717, 1.165) is 5.16 Å². The highest BCUT2D eigenvalue weighted by Crippen LogP contribution is 2.09. The van der Waals surface area contributed by atoms with Crippen molar-refractivity contribution in [2.24, 2.45) is 0 Å². The molecule has 0 aliphatic heterocycles. The van der Waals surface area contributed by atoms with Gasteiger partial charge in [0.15, 0.2) is 5.16 Å². The van der Waals surface area contributed by atoms with Gasteiger partial charge in [0.1, 0.15) is 6.33 Å². The van der Waals surface area contributed by atoms with E-state index in [2.05, 4.69) is 21.8 Å². The summed E-state index contributed by atoms with van der Waals surface area (Å²) in [7, 11) is 0. The molecule has 1 aromatic heterocycles. The second-order valence-corrected chi connectivity index (χ2v) is 2.03. The number of aromatic amines is 1. The third-order valence-electron chi connectivity index (χ3n) is 0.588. The van der Waals surface area contributed by atoms with Gasteiger partial charge in [-0.1, -0.05) is 18.3 Å². The molecule has 0 aliphatic rings. The molecule has 0 unspecified atom stereocenters. The Kier molecular flexibility index (Phi) is 1.69. The maximum atomic E-state index is 3.83. The SMILES string of the molecule is C=CSc1ncn[nH]1. The van der Waals surface area contributed by atoms with Crippen molar-refractivity contribution < 1.29 is 0 Å². The Bertz CT molecular complexity index is 158. The van der Waals surface area contributed by atoms with E-state index >= 15 is 0 Å². The van der Waals surface area contributed by atoms with Crippen molar-refractivity contribution in [2.75, 3.05) is 0 Å². The standard InChI is InChI=1S/C4H5N3S/c1-2-8-4-5-3-6-7-4/h2-3H,1H2,(H,5,6,7). The van der Waals surface area contributed by atoms with E-state index in [0.29, 0.717) is 0 Å². The van der Waals surface area contributed by atoms with E-state index in [1.54, 1.807) is 5.41 Å². The lowest BCUT2D eigenvalue weighted by atomic mass is 11.3. The van der Waals surface area contributed by atoms with Crippen LogP contribution in [0.4, 0.5) is 0 Å². The van der Waals surface area contributed by atoms with Crippen LogP contribution in [0.3, 0.4) is 0 Å². The van der Waals surface area contributed by atoms with Gasteiger partial charge in [0, 0.05) is 0 Å². The quantitative estimate of drug-likeness (QED) is 0.603. The fourth-order valence-corrected chi connectivity index (χ4v) is 0.701. The Labute approximate surface area is 51.2 Å². The van der Waals surface area contributed by atoms with Crippen LogP contribution in [0.2, 0.25) is 0 Å². The average molecular weight is 127 g/mol. The largest absolute Gasteiger partial charge is 0.254 e. The molecule has 0 radical (unpaired) electrons. The zero-order valence-corrected chi connectivity index (χ0v) is 4.98. The van der Waals surface area contributed by atoms with Gasteiger partial charge in [-0.3, -0.25) is 5.10 Å². The molecule has 0 atom stereocenters. The van der Waals surface area contributed by atoms with Gasteiger partial charge < -0.3 is 0 Å². The van der Waals surface area contributed by atoms with Gasteiger partial charge in [-0.15, -0.1) is 0 Å². The molecular weight excluding hydrogens is 122 g/mol. The molecule has 0 aliphatic carbocycles. The average Bonchev–Trinajstić information content (AvgIpc) is 2.19. The maximum absolute atomic E-state index is 3.83. The van der Waals surface area contributed by atoms with E-state index in [4.69, 9.17) is 0 Å². The van der Waals surface area contributed by atoms with Gasteiger partial charge in [0.2, 0.25) is 0 Å². The fourth-order valence-electron chi connectivity index (χ4n) is 0.330. The number of aromatic nitrogens is 3. The van der Waals surface area contributed by atoms with E-state index in [1.807, 2.05) is 0 Å². The summed E-state index contributed by atoms with van der Waals surface area (Å²) in [6.45, 7) is 3.51. The Hall–Kier alpha value is -0.770. The van der Waals surface area contributed by atoms with Crippen LogP contribution in [0.25, 0.3) is 0 Å². The molecule has 8 heavy (non-hydrogen) atoms. The molecule has 0 saturated heterocycles. The summed E-state index contributed by atoms with van der Waals surface area (Å²) in [4.78, 5) is 3.83. The van der Waals surface area contributed by atoms with Crippen LogP contribution in [0.15, 0.2) is 23.5 Å². The summed E-state index contributed by atoms with van der Waals surface area (Å²) in [6, 6.07) is 0. The zero-order valence-electron chi connectivity index (χ0n) is 4.16. The topological polar surface area (TPSA) is 41.6 Å². The number of hydrogen-bond acceptors (Lipinski definition) is 3. The minimum absolute atomic E-state index is 0.778. The fraction of sp³-hybridized carbons (Fsp3) is 0. The first-order chi connectivity index (χ1) is 3.93. The summed E-state index contributed by atoms with van der Waals surface area (Å²) in [6.07, 6.45) is 1.46. The molecule has 0 aromatic carbocycles. The minimum atomic E-state index is 0.778. The van der Waals surface area contributed by atoms with Gasteiger partial charge in [0.25, 0.3) is 0 Å². The zero-order chi connectivity index (χ0) is 5.82. The van der Waals surface area contributed by atoms with Crippen LogP contribution in [-0.2, 0) is 0 Å². The second kappa shape index (κ2) is 2.52. The summed E-state index contributed by atoms with van der Waals surface area (Å²) in [5.74, 6) is 0. The molecule has 42 valence electrons. The summed E-state index contributed by atoms with van der Waals surface area (Å²) < 4.78 is 0. The first kappa shape index (κ1) is 5.37. The van der Waals surface area contributed by atoms with Gasteiger partial charge >= 0.3 is 0 Å². The predicted molar refractivity (Wildman–Crippen MR) is 32.4 cm³/mol. The van der Waals surface area contributed by atoms with Crippen molar-refractivity contribution >= 4 is 11.8 Å². The number of thioether (sulfide) groups is 1. The lowest BCUT2D eigenvalue weighted by molar-refractivity contribution is 0.977. The van der Waals surface area contributed by atoms with Crippen LogP contribution < -0.4 is 0 Å². The molecule has 0 bridgehead atoms. The van der Waals surface area contributed by atoms with Gasteiger partial charge in [-0.05, 0) is 5.41 Å². The summed E-state index contributed by atoms with van der Waals surface area (Å²) in [5, 5.41) is 8.78. The summed E-state index contributed by atoms with van der Waals surface area (Å²) in [5.41, 5.74) is 0. The highest BCUT2D eigenvalue weighted by Gasteiger charge is 1.87. The van der Waals surface area contributed by atoms with E-state index in [1.165, 1.54) is 18.1 Å². The first-order valence-electron chi connectivity index (χ1n) is 2.06. The van der Waals surface area contributed by atoms with E-state index in [9.17, 15) is 0 Å². The first-order valence-corrected chi connectivity index (χ1v) is 2.94. The number of H-pyrrole nitrogens is 1. The van der Waals surface area contributed by atoms with E-state index in [-0.39, 0.29) is 0 Å². The second-order valence-electron chi connectivity index (χ2n) is 1.08. The molecule has 1 N–H and O–H groups in total. The third kappa shape index (κ3) is 1.10. The Morgan fingerprint density at radius 3 is 3.25 bits per heavy atom. The molecule has 1 heterocycles. The lowest BCUT2D eigenvalue weighted by Crippen LogP contribution is -1.67. The van der Waals surface area contributed by atoms with E-state index < -0.39 is 0 Å². The van der Waals surface area contributed by atoms with Crippen molar-refractivity contribution in [3.63, 3.8) is 0 Å². The van der Waals surface area contributed by atoms with Crippen molar-refractivity contribution in [1.82, 2.24) is 15.2 Å². The van der Waals surface area contributed by atoms with Crippen LogP contribution >= 0.6 is 11.8 Å². The molecule has 3 nitrogen and oxygen atoms in total. The minimum Gasteiger partial charge on any atom is -0.254 e. The normalized spacial score (nSPS) is 9.00. The third-order valence-corrected chi connectivity index (χ3v) is 1.17. The smallest absolute Gasteiger partial charge is 0.187 e. The van der Waals surface area contributed by atoms with Crippen molar-refractivity contribution in [1.29, 1.82) is 0 Å². The molecule has 0 fully saturated rings. The molecule has 0 saturated carbocycles. The Morgan fingerprint density at radius 2 is 2.75 bits per heavy atom. The lowest BCUT2D eigenvalue weighted by Gasteiger charge is -1.79. The molecular formula is C4H5N3S. The molecule has 1 rings (SSSR count). The molecule has 0 spiro atoms. The summed E-state index contributed by atoms with van der Waals surface area (Å²) >= 11 is 1.42. The highest BCUT2D eigenvalue weighted by atomic mass is 32.2. The Morgan fingerprint density at radius 1 is 1.88 bits per heavy atom. The monoisotopic (exact) mass is 127 g/mol. The number of nitrogens with one attached hydrogen (secondary N) is 1. The maximum Gasteiger partial charge on any atom is 0.187 e. The van der Waals surface area contributed by atoms with Crippen LogP contribution in [-0.4, -0.2) is 15.2 Å². The number of nitrogens with zero attached hydrogens (tertiary/aromatic N) is 2.